The summed E-state index contributed by atoms with van der Waals surface area (Å²) in [7, 11) is 0. The molecule has 0 unspecified atom stereocenters. The van der Waals surface area contributed by atoms with E-state index in [-0.39, 0.29) is 5.91 Å². The predicted octanol–water partition coefficient (Wildman–Crippen LogP) is 2.93. The predicted molar refractivity (Wildman–Crippen MR) is 83.8 cm³/mol. The molecular weight excluding hydrogens is 276 g/mol. The third kappa shape index (κ3) is 2.91. The van der Waals surface area contributed by atoms with E-state index in [1.165, 1.54) is 0 Å². The summed E-state index contributed by atoms with van der Waals surface area (Å²) in [5.41, 5.74) is 2.46. The Balaban J connectivity index is 1.82. The largest absolute Gasteiger partial charge is 0.354 e. The van der Waals surface area contributed by atoms with Crippen LogP contribution >= 0.6 is 0 Å². The molecule has 1 aliphatic heterocycles. The molecule has 1 fully saturated rings. The molecule has 1 aliphatic rings. The first-order valence-electron chi connectivity index (χ1n) is 7.29. The molecule has 0 saturated carbocycles. The third-order valence-electron chi connectivity index (χ3n) is 3.70. The molecule has 2 heterocycles. The number of anilines is 2. The minimum atomic E-state index is -0.0327. The van der Waals surface area contributed by atoms with Crippen molar-refractivity contribution in [3.8, 4) is 6.07 Å². The van der Waals surface area contributed by atoms with Crippen LogP contribution < -0.4 is 5.32 Å². The molecule has 0 spiro atoms. The van der Waals surface area contributed by atoms with Gasteiger partial charge in [-0.2, -0.15) is 5.26 Å². The molecule has 110 valence electrons. The fraction of sp³-hybridized carbons (Fsp3) is 0.235. The van der Waals surface area contributed by atoms with Gasteiger partial charge < -0.3 is 10.2 Å². The third-order valence-corrected chi connectivity index (χ3v) is 3.70. The van der Waals surface area contributed by atoms with Crippen LogP contribution in [-0.2, 0) is 0 Å². The summed E-state index contributed by atoms with van der Waals surface area (Å²) in [5, 5.41) is 12.3. The summed E-state index contributed by atoms with van der Waals surface area (Å²) in [5.74, 6) is -0.0327. The lowest BCUT2D eigenvalue weighted by Crippen LogP contribution is -2.28. The van der Waals surface area contributed by atoms with Crippen LogP contribution in [0.4, 0.5) is 11.4 Å². The second-order valence-corrected chi connectivity index (χ2v) is 5.21. The quantitative estimate of drug-likeness (QED) is 0.944. The van der Waals surface area contributed by atoms with E-state index in [1.54, 1.807) is 24.4 Å². The summed E-state index contributed by atoms with van der Waals surface area (Å²) in [6.45, 7) is 1.60. The maximum Gasteiger partial charge on any atom is 0.272 e. The molecule has 1 amide bonds. The number of pyridine rings is 1. The van der Waals surface area contributed by atoms with Crippen molar-refractivity contribution >= 4 is 17.3 Å². The van der Waals surface area contributed by atoms with Gasteiger partial charge in [0, 0.05) is 25.0 Å². The number of rotatable bonds is 3. The van der Waals surface area contributed by atoms with E-state index in [2.05, 4.69) is 16.4 Å². The van der Waals surface area contributed by atoms with Gasteiger partial charge in [0.15, 0.2) is 0 Å². The molecule has 0 atom stereocenters. The molecular formula is C17H16N4O. The Labute approximate surface area is 129 Å². The Morgan fingerprint density at radius 1 is 1.23 bits per heavy atom. The normalized spacial score (nSPS) is 13.7. The van der Waals surface area contributed by atoms with E-state index >= 15 is 0 Å². The van der Waals surface area contributed by atoms with Crippen LogP contribution in [0, 0.1) is 11.3 Å². The minimum Gasteiger partial charge on any atom is -0.354 e. The average Bonchev–Trinajstić information content (AvgIpc) is 3.09. The van der Waals surface area contributed by atoms with Crippen LogP contribution in [0.5, 0.6) is 0 Å². The van der Waals surface area contributed by atoms with Crippen molar-refractivity contribution in [3.63, 3.8) is 0 Å². The number of benzene rings is 1. The first-order chi connectivity index (χ1) is 10.8. The van der Waals surface area contributed by atoms with Gasteiger partial charge in [-0.3, -0.25) is 9.78 Å². The molecule has 2 aromatic rings. The fourth-order valence-electron chi connectivity index (χ4n) is 2.55. The molecule has 1 saturated heterocycles. The van der Waals surface area contributed by atoms with Crippen LogP contribution in [0.1, 0.15) is 28.9 Å². The summed E-state index contributed by atoms with van der Waals surface area (Å²) < 4.78 is 0. The molecule has 5 heteroatoms. The first-order valence-corrected chi connectivity index (χ1v) is 7.29. The minimum absolute atomic E-state index is 0.0327. The Hall–Kier alpha value is -2.87. The summed E-state index contributed by atoms with van der Waals surface area (Å²) >= 11 is 0. The summed E-state index contributed by atoms with van der Waals surface area (Å²) in [6, 6.07) is 12.9. The van der Waals surface area contributed by atoms with Crippen molar-refractivity contribution in [3.05, 3.63) is 53.9 Å². The number of nitrogens with one attached hydrogen (secondary N) is 1. The van der Waals surface area contributed by atoms with E-state index in [0.717, 1.165) is 37.3 Å². The van der Waals surface area contributed by atoms with E-state index in [9.17, 15) is 4.79 Å². The fourth-order valence-corrected chi connectivity index (χ4v) is 2.55. The molecule has 1 aromatic heterocycles. The number of para-hydroxylation sites is 1. The zero-order valence-electron chi connectivity index (χ0n) is 12.1. The molecule has 1 aromatic carbocycles. The average molecular weight is 292 g/mol. The Bertz CT molecular complexity index is 729. The second kappa shape index (κ2) is 6.27. The number of amides is 1. The van der Waals surface area contributed by atoms with Gasteiger partial charge in [0.2, 0.25) is 0 Å². The topological polar surface area (TPSA) is 69.0 Å². The highest BCUT2D eigenvalue weighted by Gasteiger charge is 2.20. The van der Waals surface area contributed by atoms with Gasteiger partial charge in [-0.25, -0.2) is 0 Å². The number of aromatic nitrogens is 1. The number of carbonyl (C=O) groups excluding carboxylic acids is 1. The van der Waals surface area contributed by atoms with Gasteiger partial charge in [0.05, 0.1) is 11.3 Å². The van der Waals surface area contributed by atoms with Gasteiger partial charge in [-0.1, -0.05) is 12.1 Å². The molecule has 0 radical (unpaired) electrons. The highest BCUT2D eigenvalue weighted by atomic mass is 16.2. The number of hydrogen-bond acceptors (Lipinski definition) is 4. The van der Waals surface area contributed by atoms with E-state index in [0.29, 0.717) is 11.3 Å². The van der Waals surface area contributed by atoms with Gasteiger partial charge in [-0.05, 0) is 37.1 Å². The van der Waals surface area contributed by atoms with Crippen LogP contribution in [0.25, 0.3) is 0 Å². The lowest BCUT2D eigenvalue weighted by atomic mass is 10.2. The molecule has 0 bridgehead atoms. The van der Waals surface area contributed by atoms with Gasteiger partial charge >= 0.3 is 0 Å². The highest BCUT2D eigenvalue weighted by Crippen LogP contribution is 2.21. The van der Waals surface area contributed by atoms with Gasteiger partial charge in [-0.15, -0.1) is 0 Å². The number of nitriles is 1. The van der Waals surface area contributed by atoms with E-state index in [1.807, 2.05) is 23.1 Å². The number of likely N-dealkylation sites (tertiary alicyclic amines) is 1. The zero-order valence-corrected chi connectivity index (χ0v) is 12.1. The van der Waals surface area contributed by atoms with Crippen LogP contribution in [0.15, 0.2) is 42.6 Å². The Morgan fingerprint density at radius 3 is 2.77 bits per heavy atom. The first kappa shape index (κ1) is 14.1. The van der Waals surface area contributed by atoms with Gasteiger partial charge in [0.25, 0.3) is 5.91 Å². The zero-order chi connectivity index (χ0) is 15.4. The van der Waals surface area contributed by atoms with Crippen molar-refractivity contribution in [1.82, 2.24) is 9.88 Å². The number of hydrogen-bond donors (Lipinski definition) is 1. The number of nitrogens with zero attached hydrogens (tertiary/aromatic N) is 3. The van der Waals surface area contributed by atoms with E-state index < -0.39 is 0 Å². The van der Waals surface area contributed by atoms with Crippen molar-refractivity contribution in [2.75, 3.05) is 18.4 Å². The number of carbonyl (C=O) groups is 1. The molecule has 1 N–H and O–H groups in total. The smallest absolute Gasteiger partial charge is 0.272 e. The molecule has 3 rings (SSSR count). The maximum absolute atomic E-state index is 12.4. The highest BCUT2D eigenvalue weighted by molar-refractivity contribution is 5.93. The lowest BCUT2D eigenvalue weighted by Gasteiger charge is -2.15. The monoisotopic (exact) mass is 292 g/mol. The molecule has 22 heavy (non-hydrogen) atoms. The maximum atomic E-state index is 12.4. The van der Waals surface area contributed by atoms with Crippen LogP contribution in [-0.4, -0.2) is 28.9 Å². The van der Waals surface area contributed by atoms with Gasteiger partial charge in [0.1, 0.15) is 11.8 Å². The van der Waals surface area contributed by atoms with Crippen molar-refractivity contribution in [1.29, 1.82) is 5.26 Å². The summed E-state index contributed by atoms with van der Waals surface area (Å²) in [6.07, 6.45) is 3.72. The Morgan fingerprint density at radius 2 is 2.00 bits per heavy atom. The SMILES string of the molecule is N#Cc1ccccc1Nc1ccnc(C(=O)N2CCCC2)c1. The standard InChI is InChI=1S/C17H16N4O/c18-12-13-5-1-2-6-15(13)20-14-7-8-19-16(11-14)17(22)21-9-3-4-10-21/h1-2,5-8,11H,3-4,9-10H2,(H,19,20). The lowest BCUT2D eigenvalue weighted by molar-refractivity contribution is 0.0787. The van der Waals surface area contributed by atoms with E-state index in [4.69, 9.17) is 5.26 Å². The molecule has 5 nitrogen and oxygen atoms in total. The van der Waals surface area contributed by atoms with Crippen LogP contribution in [0.2, 0.25) is 0 Å². The summed E-state index contributed by atoms with van der Waals surface area (Å²) in [4.78, 5) is 18.4. The molecule has 0 aliphatic carbocycles. The van der Waals surface area contributed by atoms with Crippen molar-refractivity contribution < 1.29 is 4.79 Å². The van der Waals surface area contributed by atoms with Crippen LogP contribution in [0.3, 0.4) is 0 Å². The van der Waals surface area contributed by atoms with Crippen molar-refractivity contribution in [2.24, 2.45) is 0 Å². The van der Waals surface area contributed by atoms with Crippen molar-refractivity contribution in [2.45, 2.75) is 12.8 Å². The Kier molecular flexibility index (Phi) is 4.01. The second-order valence-electron chi connectivity index (χ2n) is 5.21.